The molecule has 0 spiro atoms. The van der Waals surface area contributed by atoms with Crippen LogP contribution in [0.2, 0.25) is 0 Å². The molecule has 0 fully saturated rings. The lowest BCUT2D eigenvalue weighted by atomic mass is 10.0. The maximum atomic E-state index is 11.6. The van der Waals surface area contributed by atoms with Crippen molar-refractivity contribution in [1.82, 2.24) is 5.32 Å². The Kier molecular flexibility index (Phi) is 9.08. The highest BCUT2D eigenvalue weighted by Crippen LogP contribution is 2.16. The lowest BCUT2D eigenvalue weighted by Crippen LogP contribution is -2.27. The zero-order chi connectivity index (χ0) is 14.0. The fraction of sp³-hybridized carbons (Fsp3) is 0.800. The van der Waals surface area contributed by atoms with Crippen molar-refractivity contribution in [1.29, 1.82) is 0 Å². The van der Waals surface area contributed by atoms with Gasteiger partial charge < -0.3 is 10.4 Å². The van der Waals surface area contributed by atoms with Crippen LogP contribution in [-0.2, 0) is 9.59 Å². The molecule has 0 aromatic heterocycles. The molecular formula is C10H18N4O3S. The molecule has 7 nitrogen and oxygen atoms in total. The summed E-state index contributed by atoms with van der Waals surface area (Å²) in [5.74, 6) is -0.169. The number of carbonyl (C=O) groups is 2. The standard InChI is InChI=1S/C10H18N4O3S/c1-7(9(16)3-4-13-14-11)10(17)18-6-5-12-8(2)15/h7,9,16H,3-6H2,1-2H3,(H,12,15)/t7-,9+/m0/s1. The third-order valence-electron chi connectivity index (χ3n) is 2.26. The number of nitrogens with one attached hydrogen (secondary N) is 1. The maximum Gasteiger partial charge on any atom is 0.216 e. The van der Waals surface area contributed by atoms with E-state index in [1.54, 1.807) is 6.92 Å². The molecule has 0 aromatic rings. The topological polar surface area (TPSA) is 115 Å². The van der Waals surface area contributed by atoms with Gasteiger partial charge in [-0.1, -0.05) is 23.8 Å². The van der Waals surface area contributed by atoms with Gasteiger partial charge in [0, 0.05) is 30.7 Å². The molecule has 8 heteroatoms. The quantitative estimate of drug-likeness (QED) is 0.298. The summed E-state index contributed by atoms with van der Waals surface area (Å²) in [4.78, 5) is 24.8. The number of azide groups is 1. The third-order valence-corrected chi connectivity index (χ3v) is 3.32. The second kappa shape index (κ2) is 9.76. The molecule has 0 aliphatic carbocycles. The number of nitrogens with zero attached hydrogens (tertiary/aromatic N) is 3. The molecule has 0 aliphatic rings. The van der Waals surface area contributed by atoms with Crippen molar-refractivity contribution in [3.05, 3.63) is 10.4 Å². The van der Waals surface area contributed by atoms with Gasteiger partial charge in [0.15, 0.2) is 5.12 Å². The summed E-state index contributed by atoms with van der Waals surface area (Å²) >= 11 is 1.08. The van der Waals surface area contributed by atoms with Crippen LogP contribution in [0.3, 0.4) is 0 Å². The second-order valence-electron chi connectivity index (χ2n) is 3.75. The number of rotatable bonds is 8. The lowest BCUT2D eigenvalue weighted by molar-refractivity contribution is -0.119. The summed E-state index contributed by atoms with van der Waals surface area (Å²) in [5, 5.41) is 15.4. The average Bonchev–Trinajstić information content (AvgIpc) is 2.33. The number of hydrogen-bond donors (Lipinski definition) is 2. The Balaban J connectivity index is 3.86. The third kappa shape index (κ3) is 7.94. The normalized spacial score (nSPS) is 13.3. The smallest absolute Gasteiger partial charge is 0.216 e. The van der Waals surface area contributed by atoms with Crippen LogP contribution < -0.4 is 5.32 Å². The second-order valence-corrected chi connectivity index (χ2v) is 4.85. The first-order chi connectivity index (χ1) is 8.49. The summed E-state index contributed by atoms with van der Waals surface area (Å²) < 4.78 is 0. The first-order valence-electron chi connectivity index (χ1n) is 5.59. The summed E-state index contributed by atoms with van der Waals surface area (Å²) in [6, 6.07) is 0. The van der Waals surface area contributed by atoms with Gasteiger partial charge in [-0.05, 0) is 12.0 Å². The minimum atomic E-state index is -0.809. The molecule has 0 unspecified atom stereocenters. The van der Waals surface area contributed by atoms with Crippen molar-refractivity contribution in [2.75, 3.05) is 18.8 Å². The highest BCUT2D eigenvalue weighted by molar-refractivity contribution is 8.13. The average molecular weight is 274 g/mol. The van der Waals surface area contributed by atoms with E-state index in [0.29, 0.717) is 12.3 Å². The van der Waals surface area contributed by atoms with E-state index >= 15 is 0 Å². The molecule has 1 amide bonds. The summed E-state index contributed by atoms with van der Waals surface area (Å²) in [6.07, 6.45) is -0.542. The van der Waals surface area contributed by atoms with Gasteiger partial charge in [-0.3, -0.25) is 9.59 Å². The largest absolute Gasteiger partial charge is 0.392 e. The van der Waals surface area contributed by atoms with E-state index in [1.165, 1.54) is 6.92 Å². The number of carbonyl (C=O) groups excluding carboxylic acids is 2. The van der Waals surface area contributed by atoms with E-state index in [1.807, 2.05) is 0 Å². The van der Waals surface area contributed by atoms with Gasteiger partial charge >= 0.3 is 0 Å². The molecule has 102 valence electrons. The van der Waals surface area contributed by atoms with E-state index in [9.17, 15) is 14.7 Å². The molecular weight excluding hydrogens is 256 g/mol. The van der Waals surface area contributed by atoms with Crippen LogP contribution in [0.25, 0.3) is 10.4 Å². The number of thioether (sulfide) groups is 1. The first-order valence-corrected chi connectivity index (χ1v) is 6.57. The molecule has 0 aromatic carbocycles. The van der Waals surface area contributed by atoms with Crippen molar-refractivity contribution in [2.45, 2.75) is 26.4 Å². The summed E-state index contributed by atoms with van der Waals surface area (Å²) in [5.41, 5.74) is 8.09. The van der Waals surface area contributed by atoms with Gasteiger partial charge in [0.05, 0.1) is 12.0 Å². The minimum absolute atomic E-state index is 0.131. The fourth-order valence-corrected chi connectivity index (χ4v) is 1.98. The van der Waals surface area contributed by atoms with E-state index in [4.69, 9.17) is 5.53 Å². The Bertz CT molecular complexity index is 331. The molecule has 0 bridgehead atoms. The monoisotopic (exact) mass is 274 g/mol. The van der Waals surface area contributed by atoms with E-state index in [-0.39, 0.29) is 24.0 Å². The number of aliphatic hydroxyl groups is 1. The van der Waals surface area contributed by atoms with Crippen LogP contribution in [0.15, 0.2) is 5.11 Å². The van der Waals surface area contributed by atoms with Crippen molar-refractivity contribution >= 4 is 22.8 Å². The van der Waals surface area contributed by atoms with Gasteiger partial charge in [-0.2, -0.15) is 0 Å². The van der Waals surface area contributed by atoms with Crippen LogP contribution in [0, 0.1) is 5.92 Å². The lowest BCUT2D eigenvalue weighted by Gasteiger charge is -2.16. The van der Waals surface area contributed by atoms with Crippen LogP contribution in [0.5, 0.6) is 0 Å². The molecule has 0 aliphatic heterocycles. The van der Waals surface area contributed by atoms with Gasteiger partial charge in [-0.25, -0.2) is 0 Å². The van der Waals surface area contributed by atoms with Crippen LogP contribution in [-0.4, -0.2) is 41.1 Å². The van der Waals surface area contributed by atoms with E-state index in [0.717, 1.165) is 11.8 Å². The zero-order valence-electron chi connectivity index (χ0n) is 10.5. The SMILES string of the molecule is CC(=O)NCCSC(=O)[C@@H](C)[C@H](O)CCN=[N+]=[N-]. The molecule has 2 atom stereocenters. The highest BCUT2D eigenvalue weighted by Gasteiger charge is 2.21. The Morgan fingerprint density at radius 2 is 2.22 bits per heavy atom. The zero-order valence-corrected chi connectivity index (χ0v) is 11.3. The predicted molar refractivity (Wildman–Crippen MR) is 69.9 cm³/mol. The molecule has 0 saturated heterocycles. The molecule has 0 radical (unpaired) electrons. The van der Waals surface area contributed by atoms with Gasteiger partial charge in [0.25, 0.3) is 0 Å². The van der Waals surface area contributed by atoms with Gasteiger partial charge in [0.2, 0.25) is 5.91 Å². The summed E-state index contributed by atoms with van der Waals surface area (Å²) in [7, 11) is 0. The first kappa shape index (κ1) is 16.8. The van der Waals surface area contributed by atoms with Crippen LogP contribution >= 0.6 is 11.8 Å². The number of aliphatic hydroxyl groups excluding tert-OH is 1. The fourth-order valence-electron chi connectivity index (χ4n) is 1.15. The molecule has 0 saturated carbocycles. The molecule has 18 heavy (non-hydrogen) atoms. The highest BCUT2D eigenvalue weighted by atomic mass is 32.2. The van der Waals surface area contributed by atoms with Crippen LogP contribution in [0.4, 0.5) is 0 Å². The minimum Gasteiger partial charge on any atom is -0.392 e. The molecule has 2 N–H and O–H groups in total. The van der Waals surface area contributed by atoms with E-state index < -0.39 is 12.0 Å². The molecule has 0 heterocycles. The molecule has 0 rings (SSSR count). The summed E-state index contributed by atoms with van der Waals surface area (Å²) in [6.45, 7) is 3.64. The number of amides is 1. The van der Waals surface area contributed by atoms with Crippen LogP contribution in [0.1, 0.15) is 20.3 Å². The maximum absolute atomic E-state index is 11.6. The van der Waals surface area contributed by atoms with Gasteiger partial charge in [-0.15, -0.1) is 0 Å². The predicted octanol–water partition coefficient (Wildman–Crippen LogP) is 1.08. The Morgan fingerprint density at radius 1 is 1.56 bits per heavy atom. The van der Waals surface area contributed by atoms with Crippen molar-refractivity contribution in [3.63, 3.8) is 0 Å². The van der Waals surface area contributed by atoms with Crippen molar-refractivity contribution < 1.29 is 14.7 Å². The van der Waals surface area contributed by atoms with Gasteiger partial charge in [0.1, 0.15) is 0 Å². The van der Waals surface area contributed by atoms with Crippen molar-refractivity contribution in [2.24, 2.45) is 11.0 Å². The Hall–Kier alpha value is -1.24. The number of hydrogen-bond acceptors (Lipinski definition) is 5. The van der Waals surface area contributed by atoms with Crippen molar-refractivity contribution in [3.8, 4) is 0 Å². The Morgan fingerprint density at radius 3 is 2.78 bits per heavy atom. The Labute approximate surface area is 110 Å². The van der Waals surface area contributed by atoms with E-state index in [2.05, 4.69) is 15.3 Å².